The largest absolute Gasteiger partial charge is 0.409 e. The van der Waals surface area contributed by atoms with Gasteiger partial charge in [0.25, 0.3) is 0 Å². The Morgan fingerprint density at radius 2 is 2.47 bits per heavy atom. The average Bonchev–Trinajstić information content (AvgIpc) is 2.74. The van der Waals surface area contributed by atoms with Crippen LogP contribution in [0, 0.1) is 5.92 Å². The van der Waals surface area contributed by atoms with Gasteiger partial charge in [-0.2, -0.15) is 4.80 Å². The zero-order chi connectivity index (χ0) is 12.3. The molecule has 1 fully saturated rings. The number of aryl methyl sites for hydroxylation is 1. The first-order valence-electron chi connectivity index (χ1n) is 5.61. The molecule has 8 heteroatoms. The van der Waals surface area contributed by atoms with Crippen molar-refractivity contribution in [3.8, 4) is 0 Å². The Balaban J connectivity index is 1.93. The van der Waals surface area contributed by atoms with Gasteiger partial charge in [-0.1, -0.05) is 5.16 Å². The van der Waals surface area contributed by atoms with E-state index in [1.54, 1.807) is 7.05 Å². The number of nitrogens with two attached hydrogens (primary N) is 1. The maximum atomic E-state index is 8.67. The number of amidine groups is 1. The smallest absolute Gasteiger partial charge is 0.188 e. The fourth-order valence-electron chi connectivity index (χ4n) is 2.11. The van der Waals surface area contributed by atoms with Crippen LogP contribution in [0.3, 0.4) is 0 Å². The van der Waals surface area contributed by atoms with Gasteiger partial charge in [0.05, 0.1) is 13.6 Å². The third-order valence-corrected chi connectivity index (χ3v) is 2.95. The number of aromatic nitrogens is 4. The lowest BCUT2D eigenvalue weighted by atomic mass is 9.97. The molecule has 8 nitrogen and oxygen atoms in total. The van der Waals surface area contributed by atoms with Crippen LogP contribution in [0.25, 0.3) is 0 Å². The summed E-state index contributed by atoms with van der Waals surface area (Å²) in [5.74, 6) is 1.12. The zero-order valence-corrected chi connectivity index (χ0v) is 9.82. The van der Waals surface area contributed by atoms with Gasteiger partial charge >= 0.3 is 0 Å². The summed E-state index contributed by atoms with van der Waals surface area (Å²) >= 11 is 0. The van der Waals surface area contributed by atoms with Crippen molar-refractivity contribution < 1.29 is 5.21 Å². The molecular weight excluding hydrogens is 222 g/mol. The molecule has 0 aliphatic carbocycles. The molecule has 3 N–H and O–H groups in total. The maximum Gasteiger partial charge on any atom is 0.188 e. The van der Waals surface area contributed by atoms with Crippen LogP contribution < -0.4 is 5.73 Å². The van der Waals surface area contributed by atoms with E-state index >= 15 is 0 Å². The molecule has 0 aromatic carbocycles. The minimum Gasteiger partial charge on any atom is -0.409 e. The monoisotopic (exact) mass is 239 g/mol. The summed E-state index contributed by atoms with van der Waals surface area (Å²) < 4.78 is 0. The lowest BCUT2D eigenvalue weighted by Gasteiger charge is -2.30. The lowest BCUT2D eigenvalue weighted by molar-refractivity contribution is 0.188. The van der Waals surface area contributed by atoms with E-state index in [0.29, 0.717) is 18.2 Å². The second kappa shape index (κ2) is 5.09. The van der Waals surface area contributed by atoms with Crippen LogP contribution in [0.1, 0.15) is 18.7 Å². The number of tetrazole rings is 1. The third kappa shape index (κ3) is 2.90. The maximum absolute atomic E-state index is 8.67. The molecule has 1 aliphatic rings. The summed E-state index contributed by atoms with van der Waals surface area (Å²) in [4.78, 5) is 3.64. The Kier molecular flexibility index (Phi) is 3.52. The number of likely N-dealkylation sites (tertiary alicyclic amines) is 1. The van der Waals surface area contributed by atoms with Crippen LogP contribution in [-0.2, 0) is 13.6 Å². The third-order valence-electron chi connectivity index (χ3n) is 2.95. The van der Waals surface area contributed by atoms with E-state index in [2.05, 4.69) is 25.5 Å². The SMILES string of the molecule is Cn1nnc(CN2CCCC(C(N)=NO)C2)n1. The van der Waals surface area contributed by atoms with Gasteiger partial charge in [-0.3, -0.25) is 4.90 Å². The predicted molar refractivity (Wildman–Crippen MR) is 60.2 cm³/mol. The lowest BCUT2D eigenvalue weighted by Crippen LogP contribution is -2.41. The Hall–Kier alpha value is -1.70. The molecule has 2 heterocycles. The number of hydrogen-bond acceptors (Lipinski definition) is 6. The van der Waals surface area contributed by atoms with Gasteiger partial charge in [0, 0.05) is 12.5 Å². The van der Waals surface area contributed by atoms with E-state index in [9.17, 15) is 0 Å². The number of nitrogens with zero attached hydrogens (tertiary/aromatic N) is 6. The highest BCUT2D eigenvalue weighted by Crippen LogP contribution is 2.17. The van der Waals surface area contributed by atoms with E-state index in [4.69, 9.17) is 10.9 Å². The van der Waals surface area contributed by atoms with E-state index in [0.717, 1.165) is 25.9 Å². The van der Waals surface area contributed by atoms with Crippen LogP contribution in [-0.4, -0.2) is 49.2 Å². The number of hydrogen-bond donors (Lipinski definition) is 2. The summed E-state index contributed by atoms with van der Waals surface area (Å²) in [7, 11) is 1.74. The first kappa shape index (κ1) is 11.8. The molecule has 1 saturated heterocycles. The van der Waals surface area contributed by atoms with Crippen molar-refractivity contribution in [1.29, 1.82) is 0 Å². The van der Waals surface area contributed by atoms with Crippen molar-refractivity contribution in [1.82, 2.24) is 25.1 Å². The van der Waals surface area contributed by atoms with Gasteiger partial charge in [0.15, 0.2) is 5.82 Å². The second-order valence-corrected chi connectivity index (χ2v) is 4.29. The predicted octanol–water partition coefficient (Wildman–Crippen LogP) is -0.831. The van der Waals surface area contributed by atoms with Gasteiger partial charge in [0.1, 0.15) is 5.84 Å². The molecule has 0 saturated carbocycles. The van der Waals surface area contributed by atoms with Crippen molar-refractivity contribution in [2.75, 3.05) is 13.1 Å². The van der Waals surface area contributed by atoms with Crippen LogP contribution in [0.2, 0.25) is 0 Å². The minimum atomic E-state index is 0.116. The zero-order valence-electron chi connectivity index (χ0n) is 9.82. The highest BCUT2D eigenvalue weighted by Gasteiger charge is 2.23. The van der Waals surface area contributed by atoms with Crippen LogP contribution in [0.4, 0.5) is 0 Å². The van der Waals surface area contributed by atoms with Gasteiger partial charge in [-0.05, 0) is 24.6 Å². The van der Waals surface area contributed by atoms with E-state index in [1.165, 1.54) is 4.80 Å². The van der Waals surface area contributed by atoms with Gasteiger partial charge in [0.2, 0.25) is 0 Å². The van der Waals surface area contributed by atoms with Crippen LogP contribution >= 0.6 is 0 Å². The molecule has 1 unspecified atom stereocenters. The molecule has 0 spiro atoms. The van der Waals surface area contributed by atoms with Crippen molar-refractivity contribution in [2.45, 2.75) is 19.4 Å². The summed E-state index contributed by atoms with van der Waals surface area (Å²) in [5, 5.41) is 23.6. The number of rotatable bonds is 3. The Labute approximate surface area is 99.1 Å². The normalized spacial score (nSPS) is 22.9. The molecular formula is C9H17N7O. The highest BCUT2D eigenvalue weighted by molar-refractivity contribution is 5.82. The molecule has 0 radical (unpaired) electrons. The Bertz CT molecular complexity index is 402. The summed E-state index contributed by atoms with van der Waals surface area (Å²) in [5.41, 5.74) is 5.63. The van der Waals surface area contributed by atoms with Gasteiger partial charge in [-0.25, -0.2) is 0 Å². The van der Waals surface area contributed by atoms with Crippen molar-refractivity contribution in [3.05, 3.63) is 5.82 Å². The average molecular weight is 239 g/mol. The summed E-state index contributed by atoms with van der Waals surface area (Å²) in [6, 6.07) is 0. The summed E-state index contributed by atoms with van der Waals surface area (Å²) in [6.07, 6.45) is 1.99. The highest BCUT2D eigenvalue weighted by atomic mass is 16.4. The molecule has 17 heavy (non-hydrogen) atoms. The first-order valence-corrected chi connectivity index (χ1v) is 5.61. The quantitative estimate of drug-likeness (QED) is 0.308. The second-order valence-electron chi connectivity index (χ2n) is 4.29. The molecule has 2 rings (SSSR count). The molecule has 0 amide bonds. The first-order chi connectivity index (χ1) is 8.19. The van der Waals surface area contributed by atoms with Crippen LogP contribution in [0.5, 0.6) is 0 Å². The minimum absolute atomic E-state index is 0.116. The molecule has 1 aromatic heterocycles. The Morgan fingerprint density at radius 3 is 3.12 bits per heavy atom. The fraction of sp³-hybridized carbons (Fsp3) is 0.778. The fourth-order valence-corrected chi connectivity index (χ4v) is 2.11. The molecule has 1 atom stereocenters. The topological polar surface area (TPSA) is 105 Å². The van der Waals surface area contributed by atoms with E-state index in [1.807, 2.05) is 0 Å². The van der Waals surface area contributed by atoms with Crippen molar-refractivity contribution in [3.63, 3.8) is 0 Å². The standard InChI is InChI=1S/C9H17N7O/c1-15-12-8(11-14-15)6-16-4-2-3-7(5-16)9(10)13-17/h7,17H,2-6H2,1H3,(H2,10,13). The molecule has 0 bridgehead atoms. The van der Waals surface area contributed by atoms with E-state index < -0.39 is 0 Å². The Morgan fingerprint density at radius 1 is 1.65 bits per heavy atom. The van der Waals surface area contributed by atoms with E-state index in [-0.39, 0.29) is 5.92 Å². The summed E-state index contributed by atoms with van der Waals surface area (Å²) in [6.45, 7) is 2.41. The molecule has 1 aromatic rings. The van der Waals surface area contributed by atoms with Crippen LogP contribution in [0.15, 0.2) is 5.16 Å². The van der Waals surface area contributed by atoms with Gasteiger partial charge in [-0.15, -0.1) is 10.2 Å². The molecule has 94 valence electrons. The van der Waals surface area contributed by atoms with Gasteiger partial charge < -0.3 is 10.9 Å². The molecule has 1 aliphatic heterocycles. The van der Waals surface area contributed by atoms with Crippen molar-refractivity contribution in [2.24, 2.45) is 23.9 Å². The van der Waals surface area contributed by atoms with Crippen molar-refractivity contribution >= 4 is 5.84 Å². The number of piperidine rings is 1. The number of oxime groups is 1.